The van der Waals surface area contributed by atoms with Gasteiger partial charge in [0.05, 0.1) is 0 Å². The van der Waals surface area contributed by atoms with E-state index in [-0.39, 0.29) is 0 Å². The van der Waals surface area contributed by atoms with Crippen LogP contribution in [0.15, 0.2) is 29.3 Å². The third-order valence-electron chi connectivity index (χ3n) is 1.86. The smallest absolute Gasteiger partial charge is 0.115 e. The molecule has 0 saturated heterocycles. The maximum absolute atomic E-state index is 12.1. The number of hydrogen-bond donors (Lipinski definition) is 0. The maximum atomic E-state index is 12.1. The molecule has 0 amide bonds. The van der Waals surface area contributed by atoms with Crippen LogP contribution in [0.25, 0.3) is 0 Å². The Morgan fingerprint density at radius 1 is 1.33 bits per heavy atom. The first-order valence-electron chi connectivity index (χ1n) is 3.86. The summed E-state index contributed by atoms with van der Waals surface area (Å²) in [7, 11) is 1.75. The van der Waals surface area contributed by atoms with Crippen molar-refractivity contribution in [3.63, 3.8) is 0 Å². The molecule has 0 spiro atoms. The number of halogens is 1. The molecule has 0 heterocycles. The monoisotopic (exact) mass is 165 g/mol. The molecular formula is C10H12FN. The van der Waals surface area contributed by atoms with Gasteiger partial charge in [0.15, 0.2) is 0 Å². The minimum atomic E-state index is -0.400. The van der Waals surface area contributed by atoms with Crippen LogP contribution >= 0.6 is 0 Å². The number of hydrogen-bond acceptors (Lipinski definition) is 1. The summed E-state index contributed by atoms with van der Waals surface area (Å²) in [5, 5.41) is 0. The standard InChI is InChI=1S/C10H12FN/c1-8(12-2)10-5-3-9(7-11)4-6-10/h3-6H,7H2,1-2H3. The van der Waals surface area contributed by atoms with Gasteiger partial charge in [-0.15, -0.1) is 0 Å². The van der Waals surface area contributed by atoms with Crippen molar-refractivity contribution in [3.05, 3.63) is 35.4 Å². The van der Waals surface area contributed by atoms with E-state index in [2.05, 4.69) is 4.99 Å². The molecular weight excluding hydrogens is 153 g/mol. The molecule has 0 aliphatic carbocycles. The third kappa shape index (κ3) is 1.91. The quantitative estimate of drug-likeness (QED) is 0.597. The van der Waals surface area contributed by atoms with Gasteiger partial charge in [-0.25, -0.2) is 4.39 Å². The highest BCUT2D eigenvalue weighted by Gasteiger charge is 1.95. The Labute approximate surface area is 72.0 Å². The van der Waals surface area contributed by atoms with Gasteiger partial charge in [-0.05, 0) is 18.1 Å². The molecule has 12 heavy (non-hydrogen) atoms. The lowest BCUT2D eigenvalue weighted by atomic mass is 10.1. The van der Waals surface area contributed by atoms with Crippen molar-refractivity contribution in [1.82, 2.24) is 0 Å². The van der Waals surface area contributed by atoms with Crippen LogP contribution in [-0.4, -0.2) is 12.8 Å². The highest BCUT2D eigenvalue weighted by molar-refractivity contribution is 5.98. The second-order valence-electron chi connectivity index (χ2n) is 2.64. The lowest BCUT2D eigenvalue weighted by molar-refractivity contribution is 0.485. The van der Waals surface area contributed by atoms with Crippen LogP contribution in [-0.2, 0) is 6.67 Å². The summed E-state index contributed by atoms with van der Waals surface area (Å²) in [5.74, 6) is 0. The van der Waals surface area contributed by atoms with Gasteiger partial charge in [0.1, 0.15) is 6.67 Å². The third-order valence-corrected chi connectivity index (χ3v) is 1.86. The minimum Gasteiger partial charge on any atom is -0.293 e. The number of aliphatic imine (C=N–C) groups is 1. The van der Waals surface area contributed by atoms with Crippen LogP contribution in [0.1, 0.15) is 18.1 Å². The van der Waals surface area contributed by atoms with Crippen molar-refractivity contribution in [2.45, 2.75) is 13.6 Å². The van der Waals surface area contributed by atoms with Gasteiger partial charge in [0.25, 0.3) is 0 Å². The molecule has 2 heteroatoms. The van der Waals surface area contributed by atoms with E-state index in [1.54, 1.807) is 19.2 Å². The Hall–Kier alpha value is -1.18. The fourth-order valence-corrected chi connectivity index (χ4v) is 0.964. The summed E-state index contributed by atoms with van der Waals surface area (Å²) in [6, 6.07) is 7.34. The zero-order chi connectivity index (χ0) is 8.97. The molecule has 0 aliphatic heterocycles. The van der Waals surface area contributed by atoms with Gasteiger partial charge in [0, 0.05) is 12.8 Å². The zero-order valence-corrected chi connectivity index (χ0v) is 7.34. The fraction of sp³-hybridized carbons (Fsp3) is 0.300. The Kier molecular flexibility index (Phi) is 2.97. The number of nitrogens with zero attached hydrogens (tertiary/aromatic N) is 1. The molecule has 0 bridgehead atoms. The lowest BCUT2D eigenvalue weighted by Crippen LogP contribution is -1.93. The summed E-state index contributed by atoms with van der Waals surface area (Å²) in [4.78, 5) is 4.04. The number of alkyl halides is 1. The van der Waals surface area contributed by atoms with E-state index in [4.69, 9.17) is 0 Å². The first kappa shape index (κ1) is 8.91. The molecule has 1 aromatic rings. The van der Waals surface area contributed by atoms with Crippen molar-refractivity contribution in [2.24, 2.45) is 4.99 Å². The van der Waals surface area contributed by atoms with Crippen LogP contribution < -0.4 is 0 Å². The van der Waals surface area contributed by atoms with Crippen molar-refractivity contribution in [1.29, 1.82) is 0 Å². The van der Waals surface area contributed by atoms with Crippen molar-refractivity contribution in [2.75, 3.05) is 7.05 Å². The predicted molar refractivity (Wildman–Crippen MR) is 49.4 cm³/mol. The van der Waals surface area contributed by atoms with Crippen LogP contribution in [0, 0.1) is 0 Å². The summed E-state index contributed by atoms with van der Waals surface area (Å²) in [5.41, 5.74) is 2.73. The largest absolute Gasteiger partial charge is 0.293 e. The molecule has 1 nitrogen and oxygen atoms in total. The van der Waals surface area contributed by atoms with Crippen LogP contribution in [0.4, 0.5) is 4.39 Å². The summed E-state index contributed by atoms with van der Waals surface area (Å²) in [6.07, 6.45) is 0. The molecule has 0 saturated carbocycles. The Morgan fingerprint density at radius 2 is 1.92 bits per heavy atom. The Bertz CT molecular complexity index is 274. The van der Waals surface area contributed by atoms with Crippen molar-refractivity contribution in [3.8, 4) is 0 Å². The average Bonchev–Trinajstić information content (AvgIpc) is 2.17. The van der Waals surface area contributed by atoms with Crippen LogP contribution in [0.5, 0.6) is 0 Å². The summed E-state index contributed by atoms with van der Waals surface area (Å²) >= 11 is 0. The van der Waals surface area contributed by atoms with E-state index in [9.17, 15) is 4.39 Å². The second-order valence-corrected chi connectivity index (χ2v) is 2.64. The predicted octanol–water partition coefficient (Wildman–Crippen LogP) is 2.59. The maximum Gasteiger partial charge on any atom is 0.115 e. The first-order chi connectivity index (χ1) is 5.77. The highest BCUT2D eigenvalue weighted by atomic mass is 19.1. The number of rotatable bonds is 2. The molecule has 0 radical (unpaired) electrons. The van der Waals surface area contributed by atoms with Gasteiger partial charge >= 0.3 is 0 Å². The van der Waals surface area contributed by atoms with Crippen molar-refractivity contribution < 1.29 is 4.39 Å². The molecule has 64 valence electrons. The summed E-state index contributed by atoms with van der Waals surface area (Å²) < 4.78 is 12.1. The second kappa shape index (κ2) is 4.00. The van der Waals surface area contributed by atoms with E-state index in [1.807, 2.05) is 19.1 Å². The van der Waals surface area contributed by atoms with Crippen LogP contribution in [0.2, 0.25) is 0 Å². The van der Waals surface area contributed by atoms with Gasteiger partial charge < -0.3 is 0 Å². The molecule has 0 aliphatic rings. The minimum absolute atomic E-state index is 0.400. The van der Waals surface area contributed by atoms with Crippen molar-refractivity contribution >= 4 is 5.71 Å². The molecule has 1 aromatic carbocycles. The normalized spacial score (nSPS) is 11.8. The lowest BCUT2D eigenvalue weighted by Gasteiger charge is -1.99. The molecule has 1 rings (SSSR count). The first-order valence-corrected chi connectivity index (χ1v) is 3.86. The van der Waals surface area contributed by atoms with E-state index in [1.165, 1.54) is 0 Å². The molecule has 0 atom stereocenters. The SMILES string of the molecule is CN=C(C)c1ccc(CF)cc1. The van der Waals surface area contributed by atoms with E-state index < -0.39 is 6.67 Å². The van der Waals surface area contributed by atoms with E-state index in [0.29, 0.717) is 5.56 Å². The molecule has 0 unspecified atom stereocenters. The highest BCUT2D eigenvalue weighted by Crippen LogP contribution is 2.06. The number of benzene rings is 1. The Morgan fingerprint density at radius 3 is 2.33 bits per heavy atom. The van der Waals surface area contributed by atoms with E-state index >= 15 is 0 Å². The van der Waals surface area contributed by atoms with E-state index in [0.717, 1.165) is 11.3 Å². The molecule has 0 aromatic heterocycles. The van der Waals surface area contributed by atoms with Crippen LogP contribution in [0.3, 0.4) is 0 Å². The molecule has 0 fully saturated rings. The Balaban J connectivity index is 2.92. The summed E-state index contributed by atoms with van der Waals surface area (Å²) in [6.45, 7) is 1.53. The van der Waals surface area contributed by atoms with Gasteiger partial charge in [-0.3, -0.25) is 4.99 Å². The topological polar surface area (TPSA) is 12.4 Å². The van der Waals surface area contributed by atoms with Gasteiger partial charge in [-0.2, -0.15) is 0 Å². The van der Waals surface area contributed by atoms with Gasteiger partial charge in [0.2, 0.25) is 0 Å². The molecule has 0 N–H and O–H groups in total. The van der Waals surface area contributed by atoms with Gasteiger partial charge in [-0.1, -0.05) is 24.3 Å². The zero-order valence-electron chi connectivity index (χ0n) is 7.34. The fourth-order valence-electron chi connectivity index (χ4n) is 0.964. The average molecular weight is 165 g/mol.